The molecule has 1 amide bonds. The van der Waals surface area contributed by atoms with E-state index in [0.29, 0.717) is 34.8 Å². The molecule has 19 nitrogen and oxygen atoms in total. The number of hydrogen-bond acceptors (Lipinski definition) is 16. The summed E-state index contributed by atoms with van der Waals surface area (Å²) in [6.45, 7) is 22.4. The van der Waals surface area contributed by atoms with Gasteiger partial charge in [0, 0.05) is 43.9 Å². The molecule has 0 unspecified atom stereocenters. The van der Waals surface area contributed by atoms with Gasteiger partial charge in [0.2, 0.25) is 17.7 Å². The maximum atomic E-state index is 13.6. The number of halogens is 5. The summed E-state index contributed by atoms with van der Waals surface area (Å²) in [5.41, 5.74) is -2.22. The van der Waals surface area contributed by atoms with Crippen LogP contribution in [0.15, 0.2) is 36.7 Å². The van der Waals surface area contributed by atoms with Crippen LogP contribution in [0.5, 0.6) is 11.8 Å². The van der Waals surface area contributed by atoms with Crippen molar-refractivity contribution in [2.45, 2.75) is 150 Å². The number of hydrogen-bond donors (Lipinski definition) is 3. The Morgan fingerprint density at radius 3 is 1.44 bits per heavy atom. The summed E-state index contributed by atoms with van der Waals surface area (Å²) in [5.74, 6) is -6.30. The highest BCUT2D eigenvalue weighted by atomic mass is 35.5. The van der Waals surface area contributed by atoms with Crippen molar-refractivity contribution in [1.29, 1.82) is 0 Å². The molecular weight excluding hydrogens is 1000 g/mol. The van der Waals surface area contributed by atoms with Gasteiger partial charge in [-0.25, -0.2) is 19.6 Å². The van der Waals surface area contributed by atoms with E-state index < -0.39 is 82.0 Å². The van der Waals surface area contributed by atoms with Crippen molar-refractivity contribution in [3.8, 4) is 11.8 Å². The number of alkyl halides is 3. The van der Waals surface area contributed by atoms with Crippen LogP contribution in [-0.4, -0.2) is 136 Å². The van der Waals surface area contributed by atoms with Crippen molar-refractivity contribution in [1.82, 2.24) is 20.2 Å². The maximum Gasteiger partial charge on any atom is 0.490 e. The number of carboxylic acid groups (broad SMARTS) is 2. The van der Waals surface area contributed by atoms with Gasteiger partial charge >= 0.3 is 42.0 Å². The maximum absolute atomic E-state index is 13.6. The van der Waals surface area contributed by atoms with E-state index in [0.717, 1.165) is 0 Å². The molecule has 24 heteroatoms. The Labute approximate surface area is 428 Å². The number of nitrogens with one attached hydrogen (secondary N) is 1. The molecule has 406 valence electrons. The number of pyridine rings is 2. The fraction of sp³-hybridized carbons (Fsp3) is 0.646. The van der Waals surface area contributed by atoms with Crippen LogP contribution in [0.1, 0.15) is 109 Å². The minimum atomic E-state index is -5.08. The molecule has 2 aliphatic rings. The fourth-order valence-corrected chi connectivity index (χ4v) is 6.86. The Kier molecular flexibility index (Phi) is 24.7. The quantitative estimate of drug-likeness (QED) is 0.135. The number of carbonyl (C=O) groups is 7. The molecule has 2 aromatic heterocycles. The molecular formula is C48H69Cl2F3N4O15. The molecule has 4 rings (SSSR count). The summed E-state index contributed by atoms with van der Waals surface area (Å²) in [5, 5.41) is 20.2. The SMILES string of the molecule is CC(C)(C)OC(=O)C[C@H](C(=O)O)C(C)(C)C.COC(=O)[C@@H]1C[C@@H](Oc2ccc(Cl)cn2)CN1.COC(=O)[C@@H]1C[C@@H](Oc2ccc(Cl)cn2)CN1C(=O)[C@@H](CC(=O)OC(C)(C)C)C(C)(C)C.O=C(O)C(F)(F)F. The smallest absolute Gasteiger partial charge is 0.481 e. The molecule has 2 fully saturated rings. The number of carboxylic acids is 2. The molecule has 6 atom stereocenters. The van der Waals surface area contributed by atoms with E-state index >= 15 is 0 Å². The number of nitrogens with zero attached hydrogens (tertiary/aromatic N) is 3. The van der Waals surface area contributed by atoms with Gasteiger partial charge in [-0.15, -0.1) is 0 Å². The summed E-state index contributed by atoms with van der Waals surface area (Å²) in [7, 11) is 2.65. The number of rotatable bonds is 12. The Bertz CT molecular complexity index is 2120. The molecule has 0 bridgehead atoms. The molecule has 2 aliphatic heterocycles. The topological polar surface area (TPSA) is 256 Å². The van der Waals surface area contributed by atoms with Gasteiger partial charge in [-0.3, -0.25) is 24.0 Å². The van der Waals surface area contributed by atoms with E-state index in [1.165, 1.54) is 31.5 Å². The lowest BCUT2D eigenvalue weighted by Crippen LogP contribution is -2.48. The number of esters is 4. The van der Waals surface area contributed by atoms with Crippen LogP contribution < -0.4 is 14.8 Å². The molecule has 0 spiro atoms. The first-order valence-corrected chi connectivity index (χ1v) is 23.3. The van der Waals surface area contributed by atoms with Crippen molar-refractivity contribution in [2.75, 3.05) is 27.3 Å². The molecule has 72 heavy (non-hydrogen) atoms. The molecule has 4 heterocycles. The van der Waals surface area contributed by atoms with Crippen LogP contribution in [0.3, 0.4) is 0 Å². The second kappa shape index (κ2) is 27.5. The molecule has 0 aliphatic carbocycles. The predicted octanol–water partition coefficient (Wildman–Crippen LogP) is 7.77. The van der Waals surface area contributed by atoms with Crippen LogP contribution >= 0.6 is 23.2 Å². The predicted molar refractivity (Wildman–Crippen MR) is 256 cm³/mol. The fourth-order valence-electron chi connectivity index (χ4n) is 6.63. The Balaban J connectivity index is 0.000000544. The van der Waals surface area contributed by atoms with Gasteiger partial charge < -0.3 is 48.9 Å². The van der Waals surface area contributed by atoms with Gasteiger partial charge in [0.1, 0.15) is 35.5 Å². The van der Waals surface area contributed by atoms with Crippen molar-refractivity contribution < 1.29 is 85.4 Å². The first kappa shape index (κ1) is 64.5. The number of likely N-dealkylation sites (tertiary alicyclic amines) is 1. The lowest BCUT2D eigenvalue weighted by atomic mass is 9.77. The molecule has 0 radical (unpaired) electrons. The highest BCUT2D eigenvalue weighted by Gasteiger charge is 2.47. The van der Waals surface area contributed by atoms with E-state index in [-0.39, 0.29) is 49.8 Å². The van der Waals surface area contributed by atoms with Crippen molar-refractivity contribution >= 4 is 64.9 Å². The Morgan fingerprint density at radius 1 is 0.681 bits per heavy atom. The number of aliphatic carboxylic acids is 2. The third kappa shape index (κ3) is 24.3. The monoisotopic (exact) mass is 1070 g/mol. The molecule has 0 saturated carbocycles. The average molecular weight is 1070 g/mol. The van der Waals surface area contributed by atoms with E-state index in [4.69, 9.17) is 61.9 Å². The largest absolute Gasteiger partial charge is 0.490 e. The van der Waals surface area contributed by atoms with Gasteiger partial charge in [0.05, 0.1) is 55.5 Å². The normalized spacial score (nSPS) is 18.7. The first-order chi connectivity index (χ1) is 32.8. The van der Waals surface area contributed by atoms with Crippen LogP contribution in [0.25, 0.3) is 0 Å². The van der Waals surface area contributed by atoms with Gasteiger partial charge in [-0.1, -0.05) is 64.7 Å². The van der Waals surface area contributed by atoms with Crippen molar-refractivity contribution in [3.05, 3.63) is 46.7 Å². The number of aromatic nitrogens is 2. The average Bonchev–Trinajstić information content (AvgIpc) is 3.88. The van der Waals surface area contributed by atoms with E-state index in [1.807, 2.05) is 20.8 Å². The Hall–Kier alpha value is -5.48. The zero-order valence-electron chi connectivity index (χ0n) is 43.1. The standard InChI is InChI=1S/C23H33ClN2O6.C12H22O4.C11H13ClN2O3.C2HF3O2/c1-22(2,3)16(11-19(27)32-23(4,5)6)20(28)26-13-15(10-17(26)21(29)30-7)31-18-9-8-14(24)12-25-18;1-11(2,3)8(10(14)15)7-9(13)16-12(4,5)6;1-16-11(15)9-4-8(6-13-9)17-10-3-2-7(12)5-14-10;3-2(4,5)1(6)7/h8-9,12,15-17H,10-11,13H2,1-7H3;8H,7H2,1-6H3,(H,14,15);2-3,5,8-9,13H,4,6H2,1H3;(H,6,7)/t15-,16-,17+;8-;8-,9+;/m111./s1. The van der Waals surface area contributed by atoms with Crippen LogP contribution in [0, 0.1) is 22.7 Å². The van der Waals surface area contributed by atoms with Crippen molar-refractivity contribution in [3.63, 3.8) is 0 Å². The summed E-state index contributed by atoms with van der Waals surface area (Å²) in [6, 6.07) is 5.58. The van der Waals surface area contributed by atoms with Gasteiger partial charge in [0.15, 0.2) is 0 Å². The molecule has 2 aromatic rings. The lowest BCUT2D eigenvalue weighted by Gasteiger charge is -2.34. The minimum Gasteiger partial charge on any atom is -0.481 e. The van der Waals surface area contributed by atoms with Crippen LogP contribution in [-0.2, 0) is 52.5 Å². The molecule has 2 saturated heterocycles. The highest BCUT2D eigenvalue weighted by Crippen LogP contribution is 2.35. The summed E-state index contributed by atoms with van der Waals surface area (Å²) in [4.78, 5) is 90.9. The summed E-state index contributed by atoms with van der Waals surface area (Å²) >= 11 is 11.6. The van der Waals surface area contributed by atoms with Crippen LogP contribution in [0.4, 0.5) is 13.2 Å². The number of carbonyl (C=O) groups excluding carboxylic acids is 5. The highest BCUT2D eigenvalue weighted by molar-refractivity contribution is 6.30. The minimum absolute atomic E-state index is 0.0761. The van der Waals surface area contributed by atoms with E-state index in [2.05, 4.69) is 20.0 Å². The summed E-state index contributed by atoms with van der Waals surface area (Å²) < 4.78 is 63.4. The Morgan fingerprint density at radius 2 is 1.10 bits per heavy atom. The zero-order chi connectivity index (χ0) is 55.7. The van der Waals surface area contributed by atoms with E-state index in [9.17, 15) is 41.9 Å². The number of amides is 1. The summed E-state index contributed by atoms with van der Waals surface area (Å²) in [6.07, 6.45) is -1.97. The number of ether oxygens (including phenoxy) is 6. The zero-order valence-corrected chi connectivity index (χ0v) is 44.6. The van der Waals surface area contributed by atoms with Gasteiger partial charge in [-0.2, -0.15) is 13.2 Å². The first-order valence-electron chi connectivity index (χ1n) is 22.5. The lowest BCUT2D eigenvalue weighted by molar-refractivity contribution is -0.192. The number of methoxy groups -OCH3 is 2. The second-order valence-electron chi connectivity index (χ2n) is 20.7. The van der Waals surface area contributed by atoms with Crippen molar-refractivity contribution in [2.24, 2.45) is 22.7 Å². The third-order valence-corrected chi connectivity index (χ3v) is 10.5. The second-order valence-corrected chi connectivity index (χ2v) is 21.5. The van der Waals surface area contributed by atoms with Gasteiger partial charge in [0.25, 0.3) is 0 Å². The van der Waals surface area contributed by atoms with Crippen LogP contribution in [0.2, 0.25) is 10.0 Å². The van der Waals surface area contributed by atoms with E-state index in [1.54, 1.807) is 86.6 Å². The molecule has 3 N–H and O–H groups in total. The molecule has 0 aromatic carbocycles. The van der Waals surface area contributed by atoms with Gasteiger partial charge in [-0.05, 0) is 64.5 Å². The third-order valence-electron chi connectivity index (χ3n) is 10.1.